The molecule has 4 aliphatic rings. The highest BCUT2D eigenvalue weighted by Crippen LogP contribution is 2.56. The number of aryl methyl sites for hydroxylation is 4. The average Bonchev–Trinajstić information content (AvgIpc) is 0.780. The van der Waals surface area contributed by atoms with Crippen molar-refractivity contribution in [1.82, 2.24) is 0 Å². The van der Waals surface area contributed by atoms with Gasteiger partial charge in [-0.3, -0.25) is 0 Å². The lowest BCUT2D eigenvalue weighted by Crippen LogP contribution is -2.16. The third-order valence-corrected chi connectivity index (χ3v) is 23.3. The topological polar surface area (TPSA) is 22.2 Å². The second kappa shape index (κ2) is 30.9. The van der Waals surface area contributed by atoms with E-state index >= 15 is 0 Å². The summed E-state index contributed by atoms with van der Waals surface area (Å²) in [6.07, 6.45) is 0. The number of anilines is 12. The van der Waals surface area contributed by atoms with Crippen LogP contribution in [0.5, 0.6) is 11.5 Å². The number of benzene rings is 16. The van der Waals surface area contributed by atoms with E-state index in [0.29, 0.717) is 0 Å². The summed E-state index contributed by atoms with van der Waals surface area (Å²) in [5.41, 5.74) is 29.2. The molecule has 0 N–H and O–H groups in total. The second-order valence-electron chi connectivity index (χ2n) is 27.1. The number of fused-ring (bicyclic) bond motifs is 8. The van der Waals surface area contributed by atoms with Gasteiger partial charge >= 0.3 is 0 Å². The number of hydrogen-bond acceptors (Lipinski definition) is 8. The molecule has 4 aliphatic heterocycles. The lowest BCUT2D eigenvalue weighted by Gasteiger charge is -2.33. The van der Waals surface area contributed by atoms with Gasteiger partial charge in [0, 0.05) is 52.1 Å². The predicted octanol–water partition coefficient (Wildman–Crippen LogP) is 30.0. The van der Waals surface area contributed by atoms with Crippen LogP contribution in [0.3, 0.4) is 0 Å². The van der Waals surface area contributed by atoms with Crippen molar-refractivity contribution in [2.24, 2.45) is 0 Å². The van der Waals surface area contributed by atoms with E-state index in [9.17, 15) is 0 Å². The van der Waals surface area contributed by atoms with Crippen LogP contribution in [0.15, 0.2) is 418 Å². The Bertz CT molecular complexity index is 5550. The zero-order chi connectivity index (χ0) is 72.9. The Balaban J connectivity index is 0.000000105. The zero-order valence-electron chi connectivity index (χ0n) is 60.4. The number of nitrogens with zero attached hydrogens (tertiary/aromatic N) is 4. The first kappa shape index (κ1) is 68.7. The standard InChI is InChI=1S/C25H19NO.3C25H19NS/c2*1-18-8-7-12-23-25(18)27-24-13-6-5-11-22(24)26(23)21-16-14-20(15-17-21)19-9-3-2-4-10-19;1-18-11-16-25-23(17-18)26(22-9-5-6-10-24(22)27-25)21-14-12-20(13-15-21)19-7-3-2-4-8-19;1-18-11-16-23-25(17-18)27-24-10-6-5-9-22(24)26(23)21-14-12-20(13-15-21)19-7-3-2-4-8-19/h4*2-17H,1H3. The number of para-hydroxylation sites is 6. The molecule has 0 bridgehead atoms. The number of rotatable bonds is 8. The van der Waals surface area contributed by atoms with Gasteiger partial charge < -0.3 is 24.3 Å². The fourth-order valence-electron chi connectivity index (χ4n) is 14.4. The number of hydrogen-bond donors (Lipinski definition) is 0. The van der Waals surface area contributed by atoms with Crippen LogP contribution < -0.4 is 24.3 Å². The monoisotopic (exact) mass is 1440 g/mol. The molecule has 5 nitrogen and oxygen atoms in total. The molecule has 0 fully saturated rings. The summed E-state index contributed by atoms with van der Waals surface area (Å²) in [5, 5.41) is 0. The second-order valence-corrected chi connectivity index (χ2v) is 30.3. The minimum Gasteiger partial charge on any atom is -0.453 e. The molecule has 0 saturated carbocycles. The van der Waals surface area contributed by atoms with Gasteiger partial charge in [0.05, 0.1) is 45.5 Å². The van der Waals surface area contributed by atoms with Crippen LogP contribution in [0, 0.1) is 27.7 Å². The predicted molar refractivity (Wildman–Crippen MR) is 458 cm³/mol. The van der Waals surface area contributed by atoms with Crippen molar-refractivity contribution in [3.8, 4) is 56.0 Å². The molecule has 0 aromatic heterocycles. The molecule has 4 heterocycles. The molecule has 0 saturated heterocycles. The molecule has 108 heavy (non-hydrogen) atoms. The first-order valence-electron chi connectivity index (χ1n) is 36.5. The Hall–Kier alpha value is -12.4. The average molecular weight is 1450 g/mol. The number of ether oxygens (including phenoxy) is 1. The molecule has 0 aliphatic carbocycles. The molecule has 16 aromatic carbocycles. The fourth-order valence-corrected chi connectivity index (χ4v) is 17.7. The van der Waals surface area contributed by atoms with E-state index in [0.717, 1.165) is 34.1 Å². The van der Waals surface area contributed by atoms with Gasteiger partial charge in [-0.15, -0.1) is 0 Å². The van der Waals surface area contributed by atoms with E-state index < -0.39 is 0 Å². The van der Waals surface area contributed by atoms with E-state index in [1.54, 1.807) is 0 Å². The Morgan fingerprint density at radius 2 is 0.519 bits per heavy atom. The van der Waals surface area contributed by atoms with Crippen LogP contribution in [0.25, 0.3) is 44.5 Å². The highest BCUT2D eigenvalue weighted by molar-refractivity contribution is 8.00. The molecule has 0 amide bonds. The van der Waals surface area contributed by atoms with Gasteiger partial charge in [0.15, 0.2) is 11.5 Å². The smallest absolute Gasteiger partial charge is 0.154 e. The van der Waals surface area contributed by atoms with Crippen molar-refractivity contribution < 1.29 is 4.74 Å². The van der Waals surface area contributed by atoms with Crippen LogP contribution in [0.2, 0.25) is 0 Å². The van der Waals surface area contributed by atoms with E-state index in [1.807, 2.05) is 59.6 Å². The Kier molecular flexibility index (Phi) is 19.7. The lowest BCUT2D eigenvalue weighted by molar-refractivity contribution is 0.473. The van der Waals surface area contributed by atoms with E-state index in [4.69, 9.17) is 4.74 Å². The molecule has 16 aromatic rings. The molecule has 8 heteroatoms. The van der Waals surface area contributed by atoms with E-state index in [2.05, 4.69) is 411 Å². The molecule has 20 rings (SSSR count). The molecule has 0 spiro atoms. The van der Waals surface area contributed by atoms with Crippen LogP contribution >= 0.6 is 35.3 Å². The first-order chi connectivity index (χ1) is 53.2. The minimum absolute atomic E-state index is 0.881. The molecule has 0 unspecified atom stereocenters. The van der Waals surface area contributed by atoms with Crippen molar-refractivity contribution >= 4 is 104 Å². The molecule has 520 valence electrons. The van der Waals surface area contributed by atoms with Crippen molar-refractivity contribution in [1.29, 1.82) is 0 Å². The third-order valence-electron chi connectivity index (χ3n) is 19.8. The Morgan fingerprint density at radius 3 is 0.991 bits per heavy atom. The fraction of sp³-hybridized carbons (Fsp3) is 0.0400. The van der Waals surface area contributed by atoms with Crippen molar-refractivity contribution in [3.05, 3.63) is 411 Å². The summed E-state index contributed by atoms with van der Waals surface area (Å²) in [6, 6.07) is 138. The van der Waals surface area contributed by atoms with Gasteiger partial charge in [-0.05, 0) is 228 Å². The van der Waals surface area contributed by atoms with Gasteiger partial charge in [0.25, 0.3) is 0 Å². The summed E-state index contributed by atoms with van der Waals surface area (Å²) < 4.78 is 6.21. The maximum absolute atomic E-state index is 6.21. The van der Waals surface area contributed by atoms with Crippen LogP contribution in [-0.2, 0) is 0 Å². The SMILES string of the molecule is Cc1ccc2c(c1)N(c1ccc(-c3ccccc3)cc1)c1ccccc1S2.Cc1ccc2c(c1)Sc1ccccc1N2c1ccc(-c2ccccc2)cc1.Cc1cccc2c1Oc1ccccc1N2c1ccc(-c2ccccc2)cc1.Cc1cccc2c1Sc1ccccc1N2c1ccc(-c2ccccc2)cc1. The quantitative estimate of drug-likeness (QED) is 0.148. The highest BCUT2D eigenvalue weighted by atomic mass is 32.2. The third kappa shape index (κ3) is 14.2. The van der Waals surface area contributed by atoms with E-state index in [1.165, 1.54) is 142 Å². The largest absolute Gasteiger partial charge is 0.453 e. The lowest BCUT2D eigenvalue weighted by atomic mass is 10.0. The Labute approximate surface area is 646 Å². The minimum atomic E-state index is 0.881. The summed E-state index contributed by atoms with van der Waals surface area (Å²) in [6.45, 7) is 8.59. The van der Waals surface area contributed by atoms with Gasteiger partial charge in [0.2, 0.25) is 0 Å². The highest BCUT2D eigenvalue weighted by Gasteiger charge is 2.30. The summed E-state index contributed by atoms with van der Waals surface area (Å²) in [4.78, 5) is 17.2. The molecule has 0 radical (unpaired) electrons. The van der Waals surface area contributed by atoms with Gasteiger partial charge in [-0.1, -0.05) is 290 Å². The summed E-state index contributed by atoms with van der Waals surface area (Å²) in [7, 11) is 0. The van der Waals surface area contributed by atoms with Crippen LogP contribution in [-0.4, -0.2) is 0 Å². The molecular weight excluding hydrogens is 1370 g/mol. The normalized spacial score (nSPS) is 12.3. The van der Waals surface area contributed by atoms with Crippen LogP contribution in [0.1, 0.15) is 22.3 Å². The van der Waals surface area contributed by atoms with E-state index in [-0.39, 0.29) is 0 Å². The van der Waals surface area contributed by atoms with Gasteiger partial charge in [-0.25, -0.2) is 0 Å². The summed E-state index contributed by atoms with van der Waals surface area (Å²) in [5.74, 6) is 1.80. The zero-order valence-corrected chi connectivity index (χ0v) is 62.8. The molecular formula is C100H76N4OS3. The van der Waals surface area contributed by atoms with Crippen LogP contribution in [0.4, 0.5) is 68.2 Å². The van der Waals surface area contributed by atoms with Gasteiger partial charge in [-0.2, -0.15) is 0 Å². The van der Waals surface area contributed by atoms with Crippen molar-refractivity contribution in [2.45, 2.75) is 57.1 Å². The maximum atomic E-state index is 6.21. The summed E-state index contributed by atoms with van der Waals surface area (Å²) >= 11 is 5.57. The van der Waals surface area contributed by atoms with Crippen molar-refractivity contribution in [2.75, 3.05) is 19.6 Å². The molecule has 0 atom stereocenters. The van der Waals surface area contributed by atoms with Gasteiger partial charge in [0.1, 0.15) is 0 Å². The van der Waals surface area contributed by atoms with Crippen molar-refractivity contribution in [3.63, 3.8) is 0 Å². The first-order valence-corrected chi connectivity index (χ1v) is 39.0. The maximum Gasteiger partial charge on any atom is 0.154 e. The Morgan fingerprint density at radius 1 is 0.204 bits per heavy atom.